The van der Waals surface area contributed by atoms with Crippen LogP contribution in [0, 0.1) is 22.2 Å². The predicted octanol–water partition coefficient (Wildman–Crippen LogP) is 6.38. The topological polar surface area (TPSA) is 23.8 Å². The number of hydrogen-bond acceptors (Lipinski definition) is 1. The summed E-state index contributed by atoms with van der Waals surface area (Å²) in [5.41, 5.74) is -1.12. The van der Waals surface area contributed by atoms with Gasteiger partial charge in [-0.1, -0.05) is 77.0 Å². The van der Waals surface area contributed by atoms with Crippen molar-refractivity contribution in [3.63, 3.8) is 0 Å². The minimum atomic E-state index is -1.29. The van der Waals surface area contributed by atoms with Crippen LogP contribution in [0.2, 0.25) is 0 Å². The van der Waals surface area contributed by atoms with E-state index in [4.69, 9.17) is 2.74 Å². The molecule has 114 valence electrons. The van der Waals surface area contributed by atoms with Crippen LogP contribution in [0.5, 0.6) is 0 Å². The Bertz CT molecular complexity index is 383. The number of nitrogens with zero attached hydrogens (tertiary/aromatic N) is 1. The van der Waals surface area contributed by atoms with Gasteiger partial charge in [-0.15, -0.1) is 0 Å². The zero-order valence-electron chi connectivity index (χ0n) is 15.3. The van der Waals surface area contributed by atoms with Crippen LogP contribution in [0.1, 0.15) is 106 Å². The van der Waals surface area contributed by atoms with Crippen molar-refractivity contribution in [1.82, 2.24) is 0 Å². The van der Waals surface area contributed by atoms with Gasteiger partial charge in [-0.3, -0.25) is 0 Å². The molecule has 0 saturated heterocycles. The first-order valence-electron chi connectivity index (χ1n) is 9.93. The first-order chi connectivity index (χ1) is 10.5. The molecule has 0 aromatic rings. The Labute approximate surface area is 128 Å². The molecule has 2 aliphatic rings. The molecule has 0 N–H and O–H groups in total. The van der Waals surface area contributed by atoms with E-state index >= 15 is 0 Å². The highest BCUT2D eigenvalue weighted by atomic mass is 14.7. The van der Waals surface area contributed by atoms with Gasteiger partial charge in [0.05, 0.1) is 11.5 Å². The Balaban J connectivity index is 1.97. The number of nitriles is 1. The standard InChI is InChI=1S/C19H33N/c1-18(17-20)16-19(18)14-12-10-8-6-4-2-3-5-7-9-11-13-15-19/h2-16H2,1H3/i16D2. The number of hydrogen-bond donors (Lipinski definition) is 0. The Morgan fingerprint density at radius 2 is 1.10 bits per heavy atom. The van der Waals surface area contributed by atoms with Crippen molar-refractivity contribution in [3.05, 3.63) is 0 Å². The van der Waals surface area contributed by atoms with E-state index in [0.717, 1.165) is 25.7 Å². The number of rotatable bonds is 0. The minimum absolute atomic E-state index is 0.366. The summed E-state index contributed by atoms with van der Waals surface area (Å²) in [6.07, 6.45) is 15.8. The molecule has 0 amide bonds. The zero-order valence-corrected chi connectivity index (χ0v) is 13.3. The molecule has 1 unspecified atom stereocenters. The van der Waals surface area contributed by atoms with Crippen molar-refractivity contribution in [2.24, 2.45) is 10.8 Å². The van der Waals surface area contributed by atoms with Crippen molar-refractivity contribution < 1.29 is 2.74 Å². The van der Waals surface area contributed by atoms with E-state index < -0.39 is 11.8 Å². The van der Waals surface area contributed by atoms with Gasteiger partial charge in [0, 0.05) is 2.74 Å². The lowest BCUT2D eigenvalue weighted by Crippen LogP contribution is -2.10. The van der Waals surface area contributed by atoms with E-state index in [-0.39, 0.29) is 5.41 Å². The summed E-state index contributed by atoms with van der Waals surface area (Å²) < 4.78 is 16.8. The van der Waals surface area contributed by atoms with Gasteiger partial charge in [0.25, 0.3) is 0 Å². The molecule has 0 aliphatic heterocycles. The summed E-state index contributed by atoms with van der Waals surface area (Å²) in [5, 5.41) is 9.54. The monoisotopic (exact) mass is 277 g/mol. The third kappa shape index (κ3) is 4.00. The lowest BCUT2D eigenvalue weighted by Gasteiger charge is -2.19. The molecule has 2 rings (SSSR count). The van der Waals surface area contributed by atoms with Crippen LogP contribution >= 0.6 is 0 Å². The molecule has 1 heteroatoms. The first-order valence-corrected chi connectivity index (χ1v) is 8.93. The molecule has 2 fully saturated rings. The van der Waals surface area contributed by atoms with Gasteiger partial charge < -0.3 is 0 Å². The highest BCUT2D eigenvalue weighted by Crippen LogP contribution is 2.68. The van der Waals surface area contributed by atoms with Gasteiger partial charge in [0.15, 0.2) is 0 Å². The minimum Gasteiger partial charge on any atom is -0.198 e. The largest absolute Gasteiger partial charge is 0.198 e. The molecular formula is C19H33N. The SMILES string of the molecule is [2H]C1([2H])C(C)(C#N)C12CCCCCCCCCCCCCC2. The highest BCUT2D eigenvalue weighted by Gasteiger charge is 2.63. The van der Waals surface area contributed by atoms with Crippen molar-refractivity contribution in [2.45, 2.75) is 103 Å². The van der Waals surface area contributed by atoms with E-state index in [1.54, 1.807) is 0 Å². The molecule has 20 heavy (non-hydrogen) atoms. The van der Waals surface area contributed by atoms with Crippen LogP contribution in [-0.2, 0) is 0 Å². The van der Waals surface area contributed by atoms with E-state index in [0.29, 0.717) is 0 Å². The van der Waals surface area contributed by atoms with E-state index in [2.05, 4.69) is 6.07 Å². The molecule has 0 heterocycles. The van der Waals surface area contributed by atoms with Crippen molar-refractivity contribution >= 4 is 0 Å². The third-order valence-electron chi connectivity index (χ3n) is 5.56. The normalized spacial score (nSPS) is 36.8. The van der Waals surface area contributed by atoms with E-state index in [1.807, 2.05) is 6.92 Å². The van der Waals surface area contributed by atoms with Gasteiger partial charge in [-0.2, -0.15) is 5.26 Å². The average Bonchev–Trinajstić information content (AvgIpc) is 2.88. The predicted molar refractivity (Wildman–Crippen MR) is 85.4 cm³/mol. The molecule has 1 nitrogen and oxygen atoms in total. The Morgan fingerprint density at radius 1 is 0.750 bits per heavy atom. The van der Waals surface area contributed by atoms with Gasteiger partial charge in [0.2, 0.25) is 0 Å². The van der Waals surface area contributed by atoms with Crippen LogP contribution in [0.25, 0.3) is 0 Å². The van der Waals surface area contributed by atoms with E-state index in [9.17, 15) is 5.26 Å². The smallest absolute Gasteiger partial charge is 0.0692 e. The first kappa shape index (κ1) is 13.2. The van der Waals surface area contributed by atoms with Crippen LogP contribution in [-0.4, -0.2) is 0 Å². The van der Waals surface area contributed by atoms with Gasteiger partial charge >= 0.3 is 0 Å². The Hall–Kier alpha value is -0.510. The summed E-state index contributed by atoms with van der Waals surface area (Å²) in [7, 11) is 0. The summed E-state index contributed by atoms with van der Waals surface area (Å²) in [6.45, 7) is 1.86. The fraction of sp³-hybridized carbons (Fsp3) is 0.947. The second-order valence-electron chi connectivity index (χ2n) is 7.19. The van der Waals surface area contributed by atoms with Crippen LogP contribution in [0.4, 0.5) is 0 Å². The summed E-state index contributed by atoms with van der Waals surface area (Å²) in [4.78, 5) is 0. The Kier molecular flexibility index (Phi) is 4.93. The zero-order chi connectivity index (χ0) is 16.1. The molecular weight excluding hydrogens is 242 g/mol. The van der Waals surface area contributed by atoms with Crippen LogP contribution in [0.3, 0.4) is 0 Å². The van der Waals surface area contributed by atoms with Gasteiger partial charge in [-0.25, -0.2) is 0 Å². The highest BCUT2D eigenvalue weighted by molar-refractivity contribution is 5.22. The van der Waals surface area contributed by atoms with E-state index in [1.165, 1.54) is 64.2 Å². The molecule has 2 aliphatic carbocycles. The van der Waals surface area contributed by atoms with Crippen LogP contribution < -0.4 is 0 Å². The summed E-state index contributed by atoms with van der Waals surface area (Å²) in [6, 6.07) is 2.34. The van der Waals surface area contributed by atoms with Crippen LogP contribution in [0.15, 0.2) is 0 Å². The maximum atomic E-state index is 9.54. The maximum Gasteiger partial charge on any atom is 0.0692 e. The van der Waals surface area contributed by atoms with Crippen molar-refractivity contribution in [2.75, 3.05) is 0 Å². The molecule has 1 spiro atoms. The third-order valence-corrected chi connectivity index (χ3v) is 5.56. The van der Waals surface area contributed by atoms with Gasteiger partial charge in [-0.05, 0) is 31.6 Å². The van der Waals surface area contributed by atoms with Gasteiger partial charge in [0.1, 0.15) is 0 Å². The second kappa shape index (κ2) is 7.48. The lowest BCUT2D eigenvalue weighted by atomic mass is 9.84. The molecule has 0 aromatic carbocycles. The average molecular weight is 277 g/mol. The second-order valence-corrected chi connectivity index (χ2v) is 7.19. The molecule has 1 atom stereocenters. The summed E-state index contributed by atoms with van der Waals surface area (Å²) >= 11 is 0. The summed E-state index contributed by atoms with van der Waals surface area (Å²) in [5.74, 6) is 0. The van der Waals surface area contributed by atoms with Crippen molar-refractivity contribution in [1.29, 1.82) is 5.26 Å². The lowest BCUT2D eigenvalue weighted by molar-refractivity contribution is 0.329. The molecule has 0 radical (unpaired) electrons. The molecule has 0 aromatic heterocycles. The maximum absolute atomic E-state index is 9.54. The van der Waals surface area contributed by atoms with Crippen molar-refractivity contribution in [3.8, 4) is 6.07 Å². The quantitative estimate of drug-likeness (QED) is 0.504. The molecule has 2 saturated carbocycles. The molecule has 0 bridgehead atoms. The fourth-order valence-corrected chi connectivity index (χ4v) is 3.95. The fourth-order valence-electron chi connectivity index (χ4n) is 3.95. The Morgan fingerprint density at radius 3 is 1.40 bits per heavy atom.